The minimum absolute atomic E-state index is 0.0182. The fourth-order valence-corrected chi connectivity index (χ4v) is 1.90. The zero-order valence-corrected chi connectivity index (χ0v) is 13.6. The second kappa shape index (κ2) is 9.95. The predicted molar refractivity (Wildman–Crippen MR) is 88.0 cm³/mol. The Kier molecular flexibility index (Phi) is 8.22. The molecule has 1 aromatic rings. The van der Waals surface area contributed by atoms with Crippen LogP contribution in [0.15, 0.2) is 24.3 Å². The van der Waals surface area contributed by atoms with Gasteiger partial charge in [-0.1, -0.05) is 0 Å². The van der Waals surface area contributed by atoms with Crippen molar-refractivity contribution in [1.82, 2.24) is 5.32 Å². The molecule has 0 radical (unpaired) electrons. The van der Waals surface area contributed by atoms with Crippen molar-refractivity contribution in [3.8, 4) is 0 Å². The molecule has 0 aromatic heterocycles. The lowest BCUT2D eigenvalue weighted by molar-refractivity contribution is -0.116. The molecule has 22 heavy (non-hydrogen) atoms. The van der Waals surface area contributed by atoms with Gasteiger partial charge in [-0.25, -0.2) is 0 Å². The van der Waals surface area contributed by atoms with Crippen LogP contribution in [0.5, 0.6) is 0 Å². The first-order valence-electron chi connectivity index (χ1n) is 7.82. The fraction of sp³-hybridized carbons (Fsp3) is 0.529. The summed E-state index contributed by atoms with van der Waals surface area (Å²) in [6, 6.07) is 6.89. The molecule has 0 heterocycles. The second-order valence-corrected chi connectivity index (χ2v) is 5.36. The van der Waals surface area contributed by atoms with E-state index in [4.69, 9.17) is 4.74 Å². The van der Waals surface area contributed by atoms with Crippen molar-refractivity contribution in [1.29, 1.82) is 0 Å². The average Bonchev–Trinajstić information content (AvgIpc) is 2.47. The average molecular weight is 306 g/mol. The molecule has 1 rings (SSSR count). The van der Waals surface area contributed by atoms with Gasteiger partial charge in [0.2, 0.25) is 5.91 Å². The number of nitrogens with one attached hydrogen (secondary N) is 2. The highest BCUT2D eigenvalue weighted by Crippen LogP contribution is 2.10. The third-order valence-corrected chi connectivity index (χ3v) is 3.02. The molecule has 0 fully saturated rings. The molecule has 0 saturated heterocycles. The summed E-state index contributed by atoms with van der Waals surface area (Å²) in [4.78, 5) is 23.4. The maximum Gasteiger partial charge on any atom is 0.251 e. The topological polar surface area (TPSA) is 67.4 Å². The van der Waals surface area contributed by atoms with E-state index in [1.807, 2.05) is 20.8 Å². The summed E-state index contributed by atoms with van der Waals surface area (Å²) in [5.41, 5.74) is 1.29. The van der Waals surface area contributed by atoms with Crippen LogP contribution in [-0.2, 0) is 9.53 Å². The molecular weight excluding hydrogens is 280 g/mol. The van der Waals surface area contributed by atoms with E-state index in [0.29, 0.717) is 30.8 Å². The number of anilines is 1. The predicted octanol–water partition coefficient (Wildman–Crippen LogP) is 2.97. The molecule has 0 aliphatic carbocycles. The highest BCUT2D eigenvalue weighted by molar-refractivity contribution is 5.95. The monoisotopic (exact) mass is 306 g/mol. The normalized spacial score (nSPS) is 10.5. The van der Waals surface area contributed by atoms with Gasteiger partial charge in [-0.3, -0.25) is 9.59 Å². The summed E-state index contributed by atoms with van der Waals surface area (Å²) in [7, 11) is 0. The number of carbonyl (C=O) groups is 2. The molecule has 5 nitrogen and oxygen atoms in total. The van der Waals surface area contributed by atoms with E-state index >= 15 is 0 Å². The molecule has 122 valence electrons. The molecule has 1 aromatic carbocycles. The van der Waals surface area contributed by atoms with Gasteiger partial charge in [0.1, 0.15) is 0 Å². The lowest BCUT2D eigenvalue weighted by Crippen LogP contribution is -2.22. The first-order chi connectivity index (χ1) is 10.5. The van der Waals surface area contributed by atoms with Gasteiger partial charge in [-0.15, -0.1) is 0 Å². The molecule has 2 amide bonds. The number of carbonyl (C=O) groups excluding carboxylic acids is 2. The molecule has 0 bridgehead atoms. The summed E-state index contributed by atoms with van der Waals surface area (Å²) in [5, 5.41) is 5.56. The molecule has 0 aliphatic rings. The lowest BCUT2D eigenvalue weighted by atomic mass is 10.2. The van der Waals surface area contributed by atoms with Gasteiger partial charge in [0, 0.05) is 30.8 Å². The molecule has 0 aliphatic heterocycles. The Hall–Kier alpha value is -1.88. The standard InChI is InChI=1S/C17H26N2O3/c1-4-18-17(21)14-8-10-15(11-9-14)19-16(20)7-5-6-12-22-13(2)3/h8-11,13H,4-7,12H2,1-3H3,(H,18,21)(H,19,20). The lowest BCUT2D eigenvalue weighted by Gasteiger charge is -2.08. The van der Waals surface area contributed by atoms with Crippen LogP contribution in [-0.4, -0.2) is 31.1 Å². The first kappa shape index (κ1) is 18.2. The highest BCUT2D eigenvalue weighted by atomic mass is 16.5. The maximum atomic E-state index is 11.8. The van der Waals surface area contributed by atoms with Crippen LogP contribution < -0.4 is 10.6 Å². The van der Waals surface area contributed by atoms with E-state index < -0.39 is 0 Å². The Morgan fingerprint density at radius 1 is 1.14 bits per heavy atom. The summed E-state index contributed by atoms with van der Waals surface area (Å²) in [6.07, 6.45) is 2.38. The number of ether oxygens (including phenoxy) is 1. The van der Waals surface area contributed by atoms with Crippen molar-refractivity contribution in [3.05, 3.63) is 29.8 Å². The summed E-state index contributed by atoms with van der Waals surface area (Å²) < 4.78 is 5.43. The third-order valence-electron chi connectivity index (χ3n) is 3.02. The van der Waals surface area contributed by atoms with Crippen LogP contribution in [0.4, 0.5) is 5.69 Å². The van der Waals surface area contributed by atoms with Gasteiger partial charge in [-0.05, 0) is 57.9 Å². The van der Waals surface area contributed by atoms with Crippen LogP contribution in [0.25, 0.3) is 0 Å². The van der Waals surface area contributed by atoms with Gasteiger partial charge in [0.05, 0.1) is 6.10 Å². The summed E-state index contributed by atoms with van der Waals surface area (Å²) >= 11 is 0. The Morgan fingerprint density at radius 3 is 2.41 bits per heavy atom. The molecule has 0 unspecified atom stereocenters. The first-order valence-corrected chi connectivity index (χ1v) is 7.82. The van der Waals surface area contributed by atoms with E-state index in [1.165, 1.54) is 0 Å². The molecule has 0 atom stereocenters. The summed E-state index contributed by atoms with van der Waals surface area (Å²) in [6.45, 7) is 7.15. The highest BCUT2D eigenvalue weighted by Gasteiger charge is 2.06. The van der Waals surface area contributed by atoms with Gasteiger partial charge in [-0.2, -0.15) is 0 Å². The van der Waals surface area contributed by atoms with E-state index in [2.05, 4.69) is 10.6 Å². The number of benzene rings is 1. The molecular formula is C17H26N2O3. The van der Waals surface area contributed by atoms with Crippen LogP contribution in [0, 0.1) is 0 Å². The van der Waals surface area contributed by atoms with Crippen molar-refractivity contribution in [2.24, 2.45) is 0 Å². The Labute approximate surface area is 132 Å². The Balaban J connectivity index is 2.31. The number of hydrogen-bond acceptors (Lipinski definition) is 3. The number of amides is 2. The van der Waals surface area contributed by atoms with E-state index in [9.17, 15) is 9.59 Å². The zero-order valence-electron chi connectivity index (χ0n) is 13.6. The molecule has 0 saturated carbocycles. The van der Waals surface area contributed by atoms with Gasteiger partial charge in [0.15, 0.2) is 0 Å². The number of unbranched alkanes of at least 4 members (excludes halogenated alkanes) is 1. The third kappa shape index (κ3) is 7.22. The minimum atomic E-state index is -0.106. The second-order valence-electron chi connectivity index (χ2n) is 5.36. The molecule has 0 spiro atoms. The fourth-order valence-electron chi connectivity index (χ4n) is 1.90. The Bertz CT molecular complexity index is 469. The molecule has 2 N–H and O–H groups in total. The van der Waals surface area contributed by atoms with Crippen LogP contribution in [0.2, 0.25) is 0 Å². The van der Waals surface area contributed by atoms with Crippen molar-refractivity contribution in [2.45, 2.75) is 46.1 Å². The van der Waals surface area contributed by atoms with Crippen molar-refractivity contribution >= 4 is 17.5 Å². The van der Waals surface area contributed by atoms with Crippen molar-refractivity contribution < 1.29 is 14.3 Å². The quantitative estimate of drug-likeness (QED) is 0.689. The van der Waals surface area contributed by atoms with Crippen LogP contribution in [0.3, 0.4) is 0 Å². The van der Waals surface area contributed by atoms with E-state index in [1.54, 1.807) is 24.3 Å². The smallest absolute Gasteiger partial charge is 0.251 e. The molecule has 5 heteroatoms. The minimum Gasteiger partial charge on any atom is -0.379 e. The number of hydrogen-bond donors (Lipinski definition) is 2. The maximum absolute atomic E-state index is 11.8. The number of rotatable bonds is 9. The summed E-state index contributed by atoms with van der Waals surface area (Å²) in [5.74, 6) is -0.124. The SMILES string of the molecule is CCNC(=O)c1ccc(NC(=O)CCCCOC(C)C)cc1. The van der Waals surface area contributed by atoms with Gasteiger partial charge >= 0.3 is 0 Å². The van der Waals surface area contributed by atoms with E-state index in [-0.39, 0.29) is 17.9 Å². The Morgan fingerprint density at radius 2 is 1.82 bits per heavy atom. The van der Waals surface area contributed by atoms with Gasteiger partial charge in [0.25, 0.3) is 5.91 Å². The van der Waals surface area contributed by atoms with Crippen molar-refractivity contribution in [2.75, 3.05) is 18.5 Å². The van der Waals surface area contributed by atoms with Crippen LogP contribution in [0.1, 0.15) is 50.4 Å². The van der Waals surface area contributed by atoms with Crippen molar-refractivity contribution in [3.63, 3.8) is 0 Å². The van der Waals surface area contributed by atoms with E-state index in [0.717, 1.165) is 12.8 Å². The van der Waals surface area contributed by atoms with Crippen LogP contribution >= 0.6 is 0 Å². The largest absolute Gasteiger partial charge is 0.379 e. The van der Waals surface area contributed by atoms with Gasteiger partial charge < -0.3 is 15.4 Å². The zero-order chi connectivity index (χ0) is 16.4.